The molecule has 2 aromatic rings. The maximum absolute atomic E-state index is 12.6. The second-order valence-corrected chi connectivity index (χ2v) is 8.62. The van der Waals surface area contributed by atoms with Crippen molar-refractivity contribution in [1.29, 1.82) is 0 Å². The molecular formula is C15H26N6O2S. The zero-order valence-corrected chi connectivity index (χ0v) is 16.0. The zero-order chi connectivity index (χ0) is 18.1. The Morgan fingerprint density at radius 2 is 1.88 bits per heavy atom. The molecule has 0 bridgehead atoms. The first-order valence-electron chi connectivity index (χ1n) is 7.96. The molecule has 0 saturated carbocycles. The number of aromatic amines is 1. The van der Waals surface area contributed by atoms with Gasteiger partial charge in [0, 0.05) is 13.0 Å². The van der Waals surface area contributed by atoms with Crippen LogP contribution in [-0.2, 0) is 22.0 Å². The molecule has 0 aromatic carbocycles. The molecule has 8 nitrogen and oxygen atoms in total. The van der Waals surface area contributed by atoms with E-state index in [2.05, 4.69) is 25.0 Å². The summed E-state index contributed by atoms with van der Waals surface area (Å²) in [5.74, 6) is 1.45. The van der Waals surface area contributed by atoms with Gasteiger partial charge in [-0.3, -0.25) is 9.78 Å². The molecule has 0 atom stereocenters. The molecule has 0 spiro atoms. The molecule has 24 heavy (non-hydrogen) atoms. The van der Waals surface area contributed by atoms with Gasteiger partial charge in [0.15, 0.2) is 5.82 Å². The largest absolute Gasteiger partial charge is 0.263 e. The number of hydrogen-bond acceptors (Lipinski definition) is 5. The lowest BCUT2D eigenvalue weighted by atomic mass is 10.1. The van der Waals surface area contributed by atoms with E-state index in [1.54, 1.807) is 18.5 Å². The molecule has 0 aliphatic rings. The number of rotatable bonds is 6. The van der Waals surface area contributed by atoms with Gasteiger partial charge in [0.25, 0.3) is 0 Å². The Morgan fingerprint density at radius 1 is 1.21 bits per heavy atom. The van der Waals surface area contributed by atoms with Gasteiger partial charge < -0.3 is 0 Å². The average molecular weight is 354 g/mol. The number of sulfonamides is 1. The van der Waals surface area contributed by atoms with Crippen molar-refractivity contribution in [2.45, 2.75) is 64.8 Å². The van der Waals surface area contributed by atoms with Crippen LogP contribution in [0.15, 0.2) is 4.90 Å². The van der Waals surface area contributed by atoms with Crippen LogP contribution in [0.4, 0.5) is 0 Å². The Kier molecular flexibility index (Phi) is 5.14. The Labute approximate surface area is 143 Å². The fourth-order valence-corrected chi connectivity index (χ4v) is 4.16. The van der Waals surface area contributed by atoms with Crippen molar-refractivity contribution in [1.82, 2.24) is 29.7 Å². The molecule has 0 aliphatic heterocycles. The van der Waals surface area contributed by atoms with Crippen molar-refractivity contribution < 1.29 is 8.42 Å². The molecule has 2 rings (SSSR count). The Balaban J connectivity index is 2.06. The summed E-state index contributed by atoms with van der Waals surface area (Å²) in [6, 6.07) is 0. The summed E-state index contributed by atoms with van der Waals surface area (Å²) in [5, 5.41) is 11.2. The quantitative estimate of drug-likeness (QED) is 0.766. The predicted molar refractivity (Wildman–Crippen MR) is 91.3 cm³/mol. The van der Waals surface area contributed by atoms with Crippen LogP contribution in [0.25, 0.3) is 0 Å². The summed E-state index contributed by atoms with van der Waals surface area (Å²) in [5.41, 5.74) is 0.892. The fraction of sp³-hybridized carbons (Fsp3) is 0.667. The maximum atomic E-state index is 12.6. The van der Waals surface area contributed by atoms with Crippen molar-refractivity contribution in [3.8, 4) is 0 Å². The first-order valence-corrected chi connectivity index (χ1v) is 9.45. The Bertz CT molecular complexity index is 814. The third-order valence-corrected chi connectivity index (χ3v) is 5.35. The smallest absolute Gasteiger partial charge is 0.244 e. The van der Waals surface area contributed by atoms with Gasteiger partial charge in [-0.05, 0) is 48.0 Å². The maximum Gasteiger partial charge on any atom is 0.244 e. The minimum absolute atomic E-state index is 0.270. The molecule has 2 heterocycles. The van der Waals surface area contributed by atoms with Gasteiger partial charge >= 0.3 is 0 Å². The molecular weight excluding hydrogens is 328 g/mol. The number of hydrogen-bond donors (Lipinski definition) is 2. The lowest BCUT2D eigenvalue weighted by Gasteiger charge is -2.21. The van der Waals surface area contributed by atoms with Crippen LogP contribution in [0, 0.1) is 20.8 Å². The van der Waals surface area contributed by atoms with Crippen molar-refractivity contribution in [2.24, 2.45) is 0 Å². The lowest BCUT2D eigenvalue weighted by molar-refractivity contribution is 0.345. The van der Waals surface area contributed by atoms with E-state index in [1.165, 1.54) is 0 Å². The highest BCUT2D eigenvalue weighted by atomic mass is 32.2. The van der Waals surface area contributed by atoms with Crippen molar-refractivity contribution in [3.05, 3.63) is 23.0 Å². The van der Waals surface area contributed by atoms with E-state index < -0.39 is 10.0 Å². The molecule has 0 aliphatic carbocycles. The summed E-state index contributed by atoms with van der Waals surface area (Å²) < 4.78 is 29.7. The second kappa shape index (κ2) is 6.64. The van der Waals surface area contributed by atoms with E-state index in [-0.39, 0.29) is 10.4 Å². The van der Waals surface area contributed by atoms with E-state index in [4.69, 9.17) is 0 Å². The van der Waals surface area contributed by atoms with Gasteiger partial charge in [-0.25, -0.2) is 18.1 Å². The summed E-state index contributed by atoms with van der Waals surface area (Å²) in [6.07, 6.45) is 1.24. The third kappa shape index (κ3) is 4.02. The predicted octanol–water partition coefficient (Wildman–Crippen LogP) is 1.59. The number of nitrogens with one attached hydrogen (secondary N) is 2. The molecule has 0 fully saturated rings. The van der Waals surface area contributed by atoms with Crippen molar-refractivity contribution in [3.63, 3.8) is 0 Å². The monoisotopic (exact) mass is 354 g/mol. The summed E-state index contributed by atoms with van der Waals surface area (Å²) in [6.45, 7) is 11.7. The normalized spacial score (nSPS) is 12.8. The molecule has 2 aromatic heterocycles. The van der Waals surface area contributed by atoms with E-state index in [1.807, 2.05) is 27.7 Å². The van der Waals surface area contributed by atoms with Crippen LogP contribution in [0.3, 0.4) is 0 Å². The van der Waals surface area contributed by atoms with Crippen LogP contribution in [-0.4, -0.2) is 39.9 Å². The highest BCUT2D eigenvalue weighted by Crippen LogP contribution is 2.24. The van der Waals surface area contributed by atoms with E-state index in [0.29, 0.717) is 36.6 Å². The SMILES string of the molecule is Cc1nc(CCCNS(=O)(=O)c2c(C)nn(C(C)(C)C)c2C)n[nH]1. The highest BCUT2D eigenvalue weighted by molar-refractivity contribution is 7.89. The van der Waals surface area contributed by atoms with Crippen LogP contribution >= 0.6 is 0 Å². The lowest BCUT2D eigenvalue weighted by Crippen LogP contribution is -2.27. The third-order valence-electron chi connectivity index (χ3n) is 3.64. The number of aryl methyl sites for hydroxylation is 3. The Morgan fingerprint density at radius 3 is 2.38 bits per heavy atom. The van der Waals surface area contributed by atoms with E-state index in [9.17, 15) is 8.42 Å². The van der Waals surface area contributed by atoms with Gasteiger partial charge in [0.1, 0.15) is 10.7 Å². The van der Waals surface area contributed by atoms with Gasteiger partial charge in [-0.1, -0.05) is 0 Å². The average Bonchev–Trinajstić information content (AvgIpc) is 2.98. The molecule has 0 amide bonds. The number of nitrogens with zero attached hydrogens (tertiary/aromatic N) is 4. The van der Waals surface area contributed by atoms with Crippen LogP contribution in [0.1, 0.15) is 50.2 Å². The van der Waals surface area contributed by atoms with Crippen LogP contribution < -0.4 is 4.72 Å². The summed E-state index contributed by atoms with van der Waals surface area (Å²) in [7, 11) is -3.59. The second-order valence-electron chi connectivity index (χ2n) is 6.92. The van der Waals surface area contributed by atoms with Crippen LogP contribution in [0.5, 0.6) is 0 Å². The van der Waals surface area contributed by atoms with Gasteiger partial charge in [-0.2, -0.15) is 10.2 Å². The zero-order valence-electron chi connectivity index (χ0n) is 15.1. The van der Waals surface area contributed by atoms with Gasteiger partial charge in [0.2, 0.25) is 10.0 Å². The molecule has 0 radical (unpaired) electrons. The van der Waals surface area contributed by atoms with E-state index >= 15 is 0 Å². The van der Waals surface area contributed by atoms with Crippen molar-refractivity contribution >= 4 is 10.0 Å². The molecule has 0 unspecified atom stereocenters. The minimum atomic E-state index is -3.59. The topological polar surface area (TPSA) is 106 Å². The van der Waals surface area contributed by atoms with Crippen molar-refractivity contribution in [2.75, 3.05) is 6.54 Å². The number of H-pyrrole nitrogens is 1. The molecule has 134 valence electrons. The van der Waals surface area contributed by atoms with Crippen LogP contribution in [0.2, 0.25) is 0 Å². The number of aromatic nitrogens is 5. The van der Waals surface area contributed by atoms with E-state index in [0.717, 1.165) is 5.82 Å². The van der Waals surface area contributed by atoms with Gasteiger partial charge in [0.05, 0.1) is 16.9 Å². The highest BCUT2D eigenvalue weighted by Gasteiger charge is 2.28. The summed E-state index contributed by atoms with van der Waals surface area (Å²) in [4.78, 5) is 4.47. The molecule has 2 N–H and O–H groups in total. The minimum Gasteiger partial charge on any atom is -0.263 e. The fourth-order valence-electron chi connectivity index (χ4n) is 2.70. The molecule has 0 saturated heterocycles. The first-order chi connectivity index (χ1) is 11.0. The summed E-state index contributed by atoms with van der Waals surface area (Å²) >= 11 is 0. The Hall–Kier alpha value is -1.74. The first kappa shape index (κ1) is 18.6. The molecule has 9 heteroatoms. The van der Waals surface area contributed by atoms with Gasteiger partial charge in [-0.15, -0.1) is 0 Å². The standard InChI is InChI=1S/C15H26N6O2S/c1-10-14(11(2)21(20-10)15(4,5)6)24(22,23)16-9-7-8-13-17-12(3)18-19-13/h16H,7-9H2,1-6H3,(H,17,18,19).